The summed E-state index contributed by atoms with van der Waals surface area (Å²) in [6.07, 6.45) is 0.680. The first kappa shape index (κ1) is 20.4. The molecule has 1 N–H and O–H groups in total. The number of halogens is 1. The molecule has 0 bridgehead atoms. The van der Waals surface area contributed by atoms with Crippen LogP contribution in [0.15, 0.2) is 65.8 Å². The Labute approximate surface area is 184 Å². The van der Waals surface area contributed by atoms with Crippen LogP contribution in [0.3, 0.4) is 0 Å². The first-order valence-electron chi connectivity index (χ1n) is 9.55. The van der Waals surface area contributed by atoms with Gasteiger partial charge in [0.2, 0.25) is 5.91 Å². The number of carbonyl (C=O) groups excluding carboxylic acids is 1. The van der Waals surface area contributed by atoms with Gasteiger partial charge < -0.3 is 9.88 Å². The van der Waals surface area contributed by atoms with Crippen LogP contribution in [0.25, 0.3) is 10.8 Å². The highest BCUT2D eigenvalue weighted by Crippen LogP contribution is 2.24. The van der Waals surface area contributed by atoms with E-state index >= 15 is 0 Å². The van der Waals surface area contributed by atoms with Crippen LogP contribution in [0.5, 0.6) is 0 Å². The Hall–Kier alpha value is -2.83. The molecule has 152 valence electrons. The maximum Gasteiger partial charge on any atom is 0.234 e. The minimum atomic E-state index is -0.107. The van der Waals surface area contributed by atoms with Crippen LogP contribution < -0.4 is 5.32 Å². The molecule has 0 aliphatic heterocycles. The fourth-order valence-corrected chi connectivity index (χ4v) is 4.19. The first-order valence-corrected chi connectivity index (χ1v) is 10.9. The maximum atomic E-state index is 12.4. The van der Waals surface area contributed by atoms with Crippen molar-refractivity contribution in [1.82, 2.24) is 14.8 Å². The fraction of sp³-hybridized carbons (Fsp3) is 0.174. The predicted molar refractivity (Wildman–Crippen MR) is 123 cm³/mol. The highest BCUT2D eigenvalue weighted by molar-refractivity contribution is 7.99. The van der Waals surface area contributed by atoms with Gasteiger partial charge in [0.15, 0.2) is 5.16 Å². The fourth-order valence-electron chi connectivity index (χ4n) is 3.29. The van der Waals surface area contributed by atoms with Crippen molar-refractivity contribution >= 4 is 45.7 Å². The number of hydrogen-bond donors (Lipinski definition) is 1. The molecule has 1 heterocycles. The Balaban J connectivity index is 1.43. The monoisotopic (exact) mass is 436 g/mol. The van der Waals surface area contributed by atoms with Crippen LogP contribution in [0.4, 0.5) is 5.69 Å². The summed E-state index contributed by atoms with van der Waals surface area (Å²) in [5, 5.41) is 15.3. The Kier molecular flexibility index (Phi) is 6.06. The summed E-state index contributed by atoms with van der Waals surface area (Å²) < 4.78 is 1.95. The lowest BCUT2D eigenvalue weighted by Gasteiger charge is -2.09. The number of benzene rings is 3. The van der Waals surface area contributed by atoms with Gasteiger partial charge in [-0.2, -0.15) is 0 Å². The number of aromatic nitrogens is 3. The van der Waals surface area contributed by atoms with E-state index in [1.165, 1.54) is 28.1 Å². The van der Waals surface area contributed by atoms with Gasteiger partial charge in [0.25, 0.3) is 0 Å². The second kappa shape index (κ2) is 8.90. The SMILES string of the molecule is Cc1ccc(Cl)cc1NC(=O)CSc1nnc(Cc2cccc3ccccc23)n1C. The molecule has 0 atom stereocenters. The number of amides is 1. The zero-order valence-electron chi connectivity index (χ0n) is 16.7. The van der Waals surface area contributed by atoms with E-state index < -0.39 is 0 Å². The summed E-state index contributed by atoms with van der Waals surface area (Å²) in [5.74, 6) is 0.996. The molecule has 0 aliphatic carbocycles. The van der Waals surface area contributed by atoms with Gasteiger partial charge >= 0.3 is 0 Å². The Morgan fingerprint density at radius 3 is 2.77 bits per heavy atom. The quantitative estimate of drug-likeness (QED) is 0.419. The summed E-state index contributed by atoms with van der Waals surface area (Å²) in [5.41, 5.74) is 2.89. The molecule has 1 aromatic heterocycles. The Morgan fingerprint density at radius 1 is 1.10 bits per heavy atom. The molecular formula is C23H21ClN4OS. The van der Waals surface area contributed by atoms with E-state index in [9.17, 15) is 4.79 Å². The third-order valence-corrected chi connectivity index (χ3v) is 6.21. The van der Waals surface area contributed by atoms with Gasteiger partial charge in [-0.05, 0) is 41.0 Å². The molecule has 4 rings (SSSR count). The second-order valence-electron chi connectivity index (χ2n) is 7.07. The predicted octanol–water partition coefficient (Wildman–Crippen LogP) is 5.25. The number of rotatable bonds is 6. The zero-order chi connectivity index (χ0) is 21.1. The van der Waals surface area contributed by atoms with Crippen molar-refractivity contribution < 1.29 is 4.79 Å². The highest BCUT2D eigenvalue weighted by atomic mass is 35.5. The number of nitrogens with zero attached hydrogens (tertiary/aromatic N) is 3. The third-order valence-electron chi connectivity index (χ3n) is 4.96. The van der Waals surface area contributed by atoms with Crippen molar-refractivity contribution in [3.63, 3.8) is 0 Å². The van der Waals surface area contributed by atoms with Gasteiger partial charge in [-0.3, -0.25) is 4.79 Å². The van der Waals surface area contributed by atoms with Crippen LogP contribution in [-0.4, -0.2) is 26.4 Å². The molecule has 3 aromatic carbocycles. The Bertz CT molecular complexity index is 1220. The summed E-state index contributed by atoms with van der Waals surface area (Å²) in [6.45, 7) is 1.93. The number of hydrogen-bond acceptors (Lipinski definition) is 4. The van der Waals surface area contributed by atoms with E-state index in [-0.39, 0.29) is 11.7 Å². The zero-order valence-corrected chi connectivity index (χ0v) is 18.3. The van der Waals surface area contributed by atoms with E-state index in [1.807, 2.05) is 36.7 Å². The normalized spacial score (nSPS) is 11.0. The van der Waals surface area contributed by atoms with Gasteiger partial charge in [-0.1, -0.05) is 71.9 Å². The van der Waals surface area contributed by atoms with Gasteiger partial charge in [0.1, 0.15) is 5.82 Å². The maximum absolute atomic E-state index is 12.4. The summed E-state index contributed by atoms with van der Waals surface area (Å²) >= 11 is 7.39. The largest absolute Gasteiger partial charge is 0.325 e. The number of aryl methyl sites for hydroxylation is 1. The van der Waals surface area contributed by atoms with Crippen molar-refractivity contribution in [3.8, 4) is 0 Å². The van der Waals surface area contributed by atoms with E-state index in [1.54, 1.807) is 12.1 Å². The minimum Gasteiger partial charge on any atom is -0.325 e. The van der Waals surface area contributed by atoms with Crippen molar-refractivity contribution in [2.75, 3.05) is 11.1 Å². The van der Waals surface area contributed by atoms with Crippen molar-refractivity contribution in [2.24, 2.45) is 7.05 Å². The molecule has 0 unspecified atom stereocenters. The van der Waals surface area contributed by atoms with Crippen LogP contribution in [0.1, 0.15) is 17.0 Å². The number of carbonyl (C=O) groups is 1. The lowest BCUT2D eigenvalue weighted by atomic mass is 10.0. The number of nitrogens with one attached hydrogen (secondary N) is 1. The van der Waals surface area contributed by atoms with Gasteiger partial charge in [-0.15, -0.1) is 10.2 Å². The third kappa shape index (κ3) is 4.50. The van der Waals surface area contributed by atoms with Crippen LogP contribution in [0.2, 0.25) is 5.02 Å². The average molecular weight is 437 g/mol. The van der Waals surface area contributed by atoms with Crippen molar-refractivity contribution in [3.05, 3.63) is 82.6 Å². The standard InChI is InChI=1S/C23H21ClN4OS/c1-15-10-11-18(24)13-20(15)25-22(29)14-30-23-27-26-21(28(23)2)12-17-8-5-7-16-6-3-4-9-19(16)17/h3-11,13H,12,14H2,1-2H3,(H,25,29). The van der Waals surface area contributed by atoms with Gasteiger partial charge in [0, 0.05) is 24.2 Å². The van der Waals surface area contributed by atoms with Crippen molar-refractivity contribution in [2.45, 2.75) is 18.5 Å². The van der Waals surface area contributed by atoms with E-state index in [4.69, 9.17) is 11.6 Å². The smallest absolute Gasteiger partial charge is 0.234 e. The van der Waals surface area contributed by atoms with E-state index in [0.717, 1.165) is 17.1 Å². The molecule has 0 saturated carbocycles. The number of fused-ring (bicyclic) bond motifs is 1. The van der Waals surface area contributed by atoms with Gasteiger partial charge in [-0.25, -0.2) is 0 Å². The highest BCUT2D eigenvalue weighted by Gasteiger charge is 2.13. The van der Waals surface area contributed by atoms with Crippen LogP contribution in [-0.2, 0) is 18.3 Å². The molecule has 4 aromatic rings. The molecule has 0 fully saturated rings. The summed E-state index contributed by atoms with van der Waals surface area (Å²) in [4.78, 5) is 12.4. The summed E-state index contributed by atoms with van der Waals surface area (Å²) in [7, 11) is 1.93. The molecule has 0 spiro atoms. The topological polar surface area (TPSA) is 59.8 Å². The molecule has 7 heteroatoms. The van der Waals surface area contributed by atoms with Crippen LogP contribution >= 0.6 is 23.4 Å². The van der Waals surface area contributed by atoms with Crippen molar-refractivity contribution in [1.29, 1.82) is 0 Å². The summed E-state index contributed by atoms with van der Waals surface area (Å²) in [6, 6.07) is 20.0. The molecule has 1 amide bonds. The van der Waals surface area contributed by atoms with Gasteiger partial charge in [0.05, 0.1) is 5.75 Å². The van der Waals surface area contributed by atoms with E-state index in [2.05, 4.69) is 45.8 Å². The molecule has 0 aliphatic rings. The van der Waals surface area contributed by atoms with E-state index in [0.29, 0.717) is 16.6 Å². The Morgan fingerprint density at radius 2 is 1.90 bits per heavy atom. The number of anilines is 1. The lowest BCUT2D eigenvalue weighted by Crippen LogP contribution is -2.15. The molecule has 0 radical (unpaired) electrons. The molecule has 30 heavy (non-hydrogen) atoms. The second-order valence-corrected chi connectivity index (χ2v) is 8.45. The minimum absolute atomic E-state index is 0.107. The first-order chi connectivity index (χ1) is 14.5. The van der Waals surface area contributed by atoms with Crippen LogP contribution in [0, 0.1) is 6.92 Å². The molecule has 5 nitrogen and oxygen atoms in total. The lowest BCUT2D eigenvalue weighted by molar-refractivity contribution is -0.113. The average Bonchev–Trinajstić information content (AvgIpc) is 3.09. The molecule has 0 saturated heterocycles. The molecular weight excluding hydrogens is 416 g/mol. The number of thioether (sulfide) groups is 1.